The molecule has 0 radical (unpaired) electrons. The molecule has 1 aromatic heterocycles. The molecule has 3 saturated carbocycles. The molecule has 0 spiro atoms. The van der Waals surface area contributed by atoms with Crippen LogP contribution < -0.4 is 11.1 Å². The monoisotopic (exact) mass is 396 g/mol. The summed E-state index contributed by atoms with van der Waals surface area (Å²) >= 11 is 0. The fourth-order valence-electron chi connectivity index (χ4n) is 4.81. The average Bonchev–Trinajstić information content (AvgIpc) is 3.11. The second-order valence-electron chi connectivity index (χ2n) is 8.79. The fraction of sp³-hybridized carbons (Fsp3) is 0.850. The van der Waals surface area contributed by atoms with Crippen molar-refractivity contribution in [3.8, 4) is 0 Å². The van der Waals surface area contributed by atoms with E-state index in [4.69, 9.17) is 10.3 Å². The lowest BCUT2D eigenvalue weighted by molar-refractivity contribution is -0.123. The normalized spacial score (nSPS) is 28.0. The predicted octanol–water partition coefficient (Wildman–Crippen LogP) is 3.94. The van der Waals surface area contributed by atoms with E-state index in [1.165, 1.54) is 32.1 Å². The quantitative estimate of drug-likeness (QED) is 0.785. The highest BCUT2D eigenvalue weighted by Crippen LogP contribution is 2.39. The van der Waals surface area contributed by atoms with Crippen LogP contribution in [0.4, 0.5) is 0 Å². The molecule has 0 saturated heterocycles. The second-order valence-corrected chi connectivity index (χ2v) is 8.79. The van der Waals surface area contributed by atoms with Crippen LogP contribution in [0.25, 0.3) is 0 Å². The number of rotatable bonds is 5. The zero-order chi connectivity index (χ0) is 18.0. The van der Waals surface area contributed by atoms with Gasteiger partial charge in [0.15, 0.2) is 5.82 Å². The molecule has 0 aliphatic heterocycles. The fourth-order valence-corrected chi connectivity index (χ4v) is 4.81. The van der Waals surface area contributed by atoms with Crippen molar-refractivity contribution in [2.24, 2.45) is 11.7 Å². The van der Waals surface area contributed by atoms with Crippen molar-refractivity contribution in [1.82, 2.24) is 15.5 Å². The topological polar surface area (TPSA) is 94.0 Å². The van der Waals surface area contributed by atoms with E-state index >= 15 is 0 Å². The highest BCUT2D eigenvalue weighted by atomic mass is 35.5. The standard InChI is InChI=1S/C20H32N4O2.ClH/c21-20(11-4-12-20)19-23-18(26-24-19)15-7-9-16(10-8-15)22-17(25)13-14-5-2-1-3-6-14;/h14-16H,1-13,21H2,(H,22,25);1H. The van der Waals surface area contributed by atoms with Crippen LogP contribution in [0.3, 0.4) is 0 Å². The van der Waals surface area contributed by atoms with Gasteiger partial charge in [0.05, 0.1) is 5.54 Å². The largest absolute Gasteiger partial charge is 0.353 e. The number of nitrogens with two attached hydrogens (primary N) is 1. The van der Waals surface area contributed by atoms with E-state index in [1.54, 1.807) is 0 Å². The van der Waals surface area contributed by atoms with Crippen LogP contribution >= 0.6 is 12.4 Å². The molecular weight excluding hydrogens is 364 g/mol. The Morgan fingerprint density at radius 3 is 2.41 bits per heavy atom. The molecule has 0 unspecified atom stereocenters. The number of halogens is 1. The number of nitrogens with zero attached hydrogens (tertiary/aromatic N) is 2. The second kappa shape index (κ2) is 8.91. The molecule has 4 rings (SSSR count). The van der Waals surface area contributed by atoms with Crippen LogP contribution in [0.2, 0.25) is 0 Å². The summed E-state index contributed by atoms with van der Waals surface area (Å²) in [5.41, 5.74) is 5.93. The summed E-state index contributed by atoms with van der Waals surface area (Å²) in [6, 6.07) is 0.303. The third-order valence-corrected chi connectivity index (χ3v) is 6.77. The van der Waals surface area contributed by atoms with Gasteiger partial charge in [0.25, 0.3) is 0 Å². The molecular formula is C20H33ClN4O2. The summed E-state index contributed by atoms with van der Waals surface area (Å²) in [6.07, 6.45) is 14.1. The van der Waals surface area contributed by atoms with Gasteiger partial charge < -0.3 is 15.6 Å². The van der Waals surface area contributed by atoms with Crippen molar-refractivity contribution in [2.45, 2.75) is 101 Å². The first-order valence-electron chi connectivity index (χ1n) is 10.5. The number of amides is 1. The highest BCUT2D eigenvalue weighted by molar-refractivity contribution is 5.85. The Kier molecular flexibility index (Phi) is 6.79. The van der Waals surface area contributed by atoms with Gasteiger partial charge in [-0.25, -0.2) is 0 Å². The van der Waals surface area contributed by atoms with E-state index in [0.717, 1.165) is 50.8 Å². The van der Waals surface area contributed by atoms with Gasteiger partial charge in [0.1, 0.15) is 0 Å². The van der Waals surface area contributed by atoms with Crippen LogP contribution in [-0.2, 0) is 10.3 Å². The Hall–Kier alpha value is -1.14. The number of nitrogens with one attached hydrogen (secondary N) is 1. The number of hydrogen-bond donors (Lipinski definition) is 2. The van der Waals surface area contributed by atoms with Gasteiger partial charge in [-0.05, 0) is 63.7 Å². The van der Waals surface area contributed by atoms with E-state index in [9.17, 15) is 4.79 Å². The molecule has 0 atom stereocenters. The Morgan fingerprint density at radius 1 is 1.07 bits per heavy atom. The number of carbonyl (C=O) groups is 1. The van der Waals surface area contributed by atoms with E-state index < -0.39 is 0 Å². The summed E-state index contributed by atoms with van der Waals surface area (Å²) < 4.78 is 5.51. The third kappa shape index (κ3) is 4.83. The van der Waals surface area contributed by atoms with Crippen molar-refractivity contribution in [1.29, 1.82) is 0 Å². The summed E-state index contributed by atoms with van der Waals surface area (Å²) in [5.74, 6) is 2.58. The summed E-state index contributed by atoms with van der Waals surface area (Å²) in [5, 5.41) is 7.40. The van der Waals surface area contributed by atoms with Gasteiger partial charge >= 0.3 is 0 Å². The minimum atomic E-state index is -0.355. The summed E-state index contributed by atoms with van der Waals surface area (Å²) in [7, 11) is 0. The van der Waals surface area contributed by atoms with Crippen molar-refractivity contribution in [2.75, 3.05) is 0 Å². The molecule has 3 aliphatic carbocycles. The van der Waals surface area contributed by atoms with Gasteiger partial charge in [0.2, 0.25) is 11.8 Å². The lowest BCUT2D eigenvalue weighted by Gasteiger charge is -2.34. The van der Waals surface area contributed by atoms with E-state index in [1.807, 2.05) is 0 Å². The molecule has 1 aromatic rings. The lowest BCUT2D eigenvalue weighted by atomic mass is 9.77. The SMILES string of the molecule is Cl.NC1(c2noc(C3CCC(NC(=O)CC4CCCCC4)CC3)n2)CCC1. The summed E-state index contributed by atoms with van der Waals surface area (Å²) in [6.45, 7) is 0. The maximum absolute atomic E-state index is 12.3. The minimum absolute atomic E-state index is 0. The van der Waals surface area contributed by atoms with Crippen LogP contribution in [-0.4, -0.2) is 22.1 Å². The maximum atomic E-state index is 12.3. The van der Waals surface area contributed by atoms with E-state index in [-0.39, 0.29) is 23.9 Å². The minimum Gasteiger partial charge on any atom is -0.353 e. The van der Waals surface area contributed by atoms with E-state index in [2.05, 4.69) is 15.5 Å². The van der Waals surface area contributed by atoms with Crippen LogP contribution in [0.15, 0.2) is 4.52 Å². The Morgan fingerprint density at radius 2 is 1.78 bits per heavy atom. The van der Waals surface area contributed by atoms with Crippen LogP contribution in [0.1, 0.15) is 101 Å². The molecule has 0 aromatic carbocycles. The van der Waals surface area contributed by atoms with Gasteiger partial charge in [-0.15, -0.1) is 12.4 Å². The van der Waals surface area contributed by atoms with Gasteiger partial charge in [-0.3, -0.25) is 4.79 Å². The first-order chi connectivity index (χ1) is 12.6. The maximum Gasteiger partial charge on any atom is 0.229 e. The summed E-state index contributed by atoms with van der Waals surface area (Å²) in [4.78, 5) is 16.9. The Labute approximate surface area is 167 Å². The number of hydrogen-bond acceptors (Lipinski definition) is 5. The predicted molar refractivity (Wildman–Crippen MR) is 106 cm³/mol. The van der Waals surface area contributed by atoms with Crippen molar-refractivity contribution < 1.29 is 9.32 Å². The molecule has 27 heavy (non-hydrogen) atoms. The molecule has 1 heterocycles. The van der Waals surface area contributed by atoms with Crippen molar-refractivity contribution in [3.63, 3.8) is 0 Å². The van der Waals surface area contributed by atoms with E-state index in [0.29, 0.717) is 30.1 Å². The van der Waals surface area contributed by atoms with Crippen LogP contribution in [0, 0.1) is 5.92 Å². The van der Waals surface area contributed by atoms with Crippen molar-refractivity contribution in [3.05, 3.63) is 11.7 Å². The van der Waals surface area contributed by atoms with Crippen LogP contribution in [0.5, 0.6) is 0 Å². The first kappa shape index (κ1) is 20.6. The first-order valence-corrected chi connectivity index (χ1v) is 10.5. The van der Waals surface area contributed by atoms with Gasteiger partial charge in [-0.1, -0.05) is 24.4 Å². The Bertz CT molecular complexity index is 617. The molecule has 7 heteroatoms. The van der Waals surface area contributed by atoms with Crippen molar-refractivity contribution >= 4 is 18.3 Å². The molecule has 6 nitrogen and oxygen atoms in total. The van der Waals surface area contributed by atoms with Gasteiger partial charge in [-0.2, -0.15) is 4.98 Å². The molecule has 3 fully saturated rings. The number of aromatic nitrogens is 2. The lowest BCUT2D eigenvalue weighted by Crippen LogP contribution is -2.44. The third-order valence-electron chi connectivity index (χ3n) is 6.77. The zero-order valence-electron chi connectivity index (χ0n) is 16.1. The molecule has 0 bridgehead atoms. The highest BCUT2D eigenvalue weighted by Gasteiger charge is 2.39. The Balaban J connectivity index is 0.00000210. The molecule has 3 aliphatic rings. The zero-order valence-corrected chi connectivity index (χ0v) is 16.9. The smallest absolute Gasteiger partial charge is 0.229 e. The van der Waals surface area contributed by atoms with Gasteiger partial charge in [0, 0.05) is 18.4 Å². The number of carbonyl (C=O) groups excluding carboxylic acids is 1. The average molecular weight is 397 g/mol. The molecule has 3 N–H and O–H groups in total. The molecule has 1 amide bonds. The molecule has 152 valence electrons.